The van der Waals surface area contributed by atoms with Crippen molar-refractivity contribution in [3.63, 3.8) is 0 Å². The van der Waals surface area contributed by atoms with Gasteiger partial charge in [-0.1, -0.05) is 0 Å². The molecular formula is C15H22N2O3. The van der Waals surface area contributed by atoms with Gasteiger partial charge in [-0.25, -0.2) is 0 Å². The monoisotopic (exact) mass is 278 g/mol. The van der Waals surface area contributed by atoms with Gasteiger partial charge in [-0.2, -0.15) is 0 Å². The molecule has 110 valence electrons. The molecule has 1 fully saturated rings. The van der Waals surface area contributed by atoms with Gasteiger partial charge in [0.15, 0.2) is 0 Å². The third-order valence-corrected chi connectivity index (χ3v) is 3.94. The second-order valence-corrected chi connectivity index (χ2v) is 5.40. The van der Waals surface area contributed by atoms with E-state index in [9.17, 15) is 9.59 Å². The van der Waals surface area contributed by atoms with E-state index >= 15 is 0 Å². The van der Waals surface area contributed by atoms with Crippen LogP contribution < -0.4 is 0 Å². The number of carbonyl (C=O) groups excluding carboxylic acids is 1. The number of rotatable bonds is 6. The van der Waals surface area contributed by atoms with Crippen molar-refractivity contribution in [2.45, 2.75) is 52.6 Å². The summed E-state index contributed by atoms with van der Waals surface area (Å²) in [4.78, 5) is 25.1. The predicted molar refractivity (Wildman–Crippen MR) is 75.9 cm³/mol. The van der Waals surface area contributed by atoms with Crippen LogP contribution in [0.2, 0.25) is 0 Å². The van der Waals surface area contributed by atoms with Gasteiger partial charge < -0.3 is 14.6 Å². The molecule has 0 bridgehead atoms. The summed E-state index contributed by atoms with van der Waals surface area (Å²) in [5.41, 5.74) is 2.75. The molecule has 1 aromatic rings. The largest absolute Gasteiger partial charge is 0.481 e. The van der Waals surface area contributed by atoms with Gasteiger partial charge in [-0.3, -0.25) is 9.59 Å². The number of aromatic nitrogens is 1. The van der Waals surface area contributed by atoms with E-state index in [1.54, 1.807) is 4.90 Å². The zero-order valence-electron chi connectivity index (χ0n) is 12.3. The molecule has 2 rings (SSSR count). The number of carbonyl (C=O) groups is 2. The summed E-state index contributed by atoms with van der Waals surface area (Å²) in [5, 5.41) is 8.82. The summed E-state index contributed by atoms with van der Waals surface area (Å²) in [6.45, 7) is 7.13. The first-order chi connectivity index (χ1) is 9.45. The average Bonchev–Trinajstić information content (AvgIpc) is 3.16. The zero-order valence-corrected chi connectivity index (χ0v) is 12.3. The number of aliphatic carboxylic acids is 1. The van der Waals surface area contributed by atoms with Gasteiger partial charge in [-0.05, 0) is 39.7 Å². The van der Waals surface area contributed by atoms with Crippen LogP contribution in [0, 0.1) is 13.8 Å². The maximum atomic E-state index is 12.7. The lowest BCUT2D eigenvalue weighted by atomic mass is 10.2. The Morgan fingerprint density at radius 3 is 2.50 bits per heavy atom. The maximum absolute atomic E-state index is 12.7. The highest BCUT2D eigenvalue weighted by Crippen LogP contribution is 2.29. The van der Waals surface area contributed by atoms with Crippen LogP contribution in [0.1, 0.15) is 47.9 Å². The lowest BCUT2D eigenvalue weighted by Crippen LogP contribution is -2.35. The van der Waals surface area contributed by atoms with Crippen LogP contribution in [0.4, 0.5) is 0 Å². The first-order valence-corrected chi connectivity index (χ1v) is 7.15. The van der Waals surface area contributed by atoms with E-state index in [1.807, 2.05) is 19.9 Å². The molecule has 1 aliphatic carbocycles. The van der Waals surface area contributed by atoms with Gasteiger partial charge in [0.25, 0.3) is 5.91 Å². The number of nitrogens with zero attached hydrogens (tertiary/aromatic N) is 2. The summed E-state index contributed by atoms with van der Waals surface area (Å²) in [6.07, 6.45) is 1.98. The normalized spacial score (nSPS) is 14.3. The number of carboxylic acid groups (broad SMARTS) is 1. The lowest BCUT2D eigenvalue weighted by Gasteiger charge is -2.21. The molecule has 0 aromatic carbocycles. The van der Waals surface area contributed by atoms with Crippen molar-refractivity contribution >= 4 is 11.9 Å². The second-order valence-electron chi connectivity index (χ2n) is 5.40. The van der Waals surface area contributed by atoms with E-state index in [2.05, 4.69) is 11.5 Å². The second kappa shape index (κ2) is 5.69. The highest BCUT2D eigenvalue weighted by atomic mass is 16.4. The molecule has 5 heteroatoms. The van der Waals surface area contributed by atoms with E-state index in [4.69, 9.17) is 5.11 Å². The number of amides is 1. The van der Waals surface area contributed by atoms with Crippen LogP contribution >= 0.6 is 0 Å². The third kappa shape index (κ3) is 2.86. The van der Waals surface area contributed by atoms with E-state index in [0.29, 0.717) is 12.1 Å². The van der Waals surface area contributed by atoms with Crippen LogP contribution in [-0.2, 0) is 11.3 Å². The van der Waals surface area contributed by atoms with Gasteiger partial charge in [0, 0.05) is 30.5 Å². The van der Waals surface area contributed by atoms with E-state index in [0.717, 1.165) is 30.8 Å². The molecule has 1 aliphatic rings. The van der Waals surface area contributed by atoms with Crippen LogP contribution in [0.5, 0.6) is 0 Å². The van der Waals surface area contributed by atoms with Crippen molar-refractivity contribution < 1.29 is 14.7 Å². The maximum Gasteiger partial charge on any atom is 0.305 e. The average molecular weight is 278 g/mol. The Kier molecular flexibility index (Phi) is 4.16. The van der Waals surface area contributed by atoms with Crippen molar-refractivity contribution in [3.05, 3.63) is 23.0 Å². The van der Waals surface area contributed by atoms with Gasteiger partial charge >= 0.3 is 5.97 Å². The molecule has 0 spiro atoms. The Morgan fingerprint density at radius 1 is 1.40 bits per heavy atom. The summed E-state index contributed by atoms with van der Waals surface area (Å²) >= 11 is 0. The van der Waals surface area contributed by atoms with Crippen molar-refractivity contribution in [2.75, 3.05) is 6.54 Å². The molecule has 5 nitrogen and oxygen atoms in total. The summed E-state index contributed by atoms with van der Waals surface area (Å²) < 4.78 is 2.11. The Hall–Kier alpha value is -1.78. The van der Waals surface area contributed by atoms with Crippen molar-refractivity contribution in [1.82, 2.24) is 9.47 Å². The van der Waals surface area contributed by atoms with Crippen molar-refractivity contribution in [2.24, 2.45) is 0 Å². The van der Waals surface area contributed by atoms with Gasteiger partial charge in [0.05, 0.1) is 12.0 Å². The summed E-state index contributed by atoms with van der Waals surface area (Å²) in [6, 6.07) is 2.14. The number of hydrogen-bond acceptors (Lipinski definition) is 2. The van der Waals surface area contributed by atoms with Crippen LogP contribution in [0.3, 0.4) is 0 Å². The number of carboxylic acids is 1. The Balaban J connectivity index is 2.21. The van der Waals surface area contributed by atoms with Crippen LogP contribution in [0.15, 0.2) is 6.07 Å². The third-order valence-electron chi connectivity index (χ3n) is 3.94. The van der Waals surface area contributed by atoms with Crippen molar-refractivity contribution in [3.8, 4) is 0 Å². The van der Waals surface area contributed by atoms with Gasteiger partial charge in [-0.15, -0.1) is 0 Å². The molecule has 1 heterocycles. The molecular weight excluding hydrogens is 256 g/mol. The van der Waals surface area contributed by atoms with Crippen molar-refractivity contribution in [1.29, 1.82) is 0 Å². The Labute approximate surface area is 119 Å². The highest BCUT2D eigenvalue weighted by Gasteiger charge is 2.34. The SMILES string of the molecule is CCn1c(C)cc(C(=O)N(CCC(=O)O)C2CC2)c1C. The predicted octanol–water partition coefficient (Wildman–Crippen LogP) is 2.20. The molecule has 1 amide bonds. The lowest BCUT2D eigenvalue weighted by molar-refractivity contribution is -0.137. The minimum absolute atomic E-state index is 0.00869. The topological polar surface area (TPSA) is 62.5 Å². The van der Waals surface area contributed by atoms with Crippen LogP contribution in [0.25, 0.3) is 0 Å². The minimum Gasteiger partial charge on any atom is -0.481 e. The fourth-order valence-corrected chi connectivity index (χ4v) is 2.71. The molecule has 0 unspecified atom stereocenters. The number of aryl methyl sites for hydroxylation is 1. The molecule has 0 aliphatic heterocycles. The molecule has 1 N–H and O–H groups in total. The molecule has 1 aromatic heterocycles. The van der Waals surface area contributed by atoms with Crippen LogP contribution in [-0.4, -0.2) is 39.0 Å². The Morgan fingerprint density at radius 2 is 2.05 bits per heavy atom. The van der Waals surface area contributed by atoms with E-state index in [1.165, 1.54) is 0 Å². The first-order valence-electron chi connectivity index (χ1n) is 7.15. The molecule has 0 atom stereocenters. The smallest absolute Gasteiger partial charge is 0.305 e. The van der Waals surface area contributed by atoms with E-state index < -0.39 is 5.97 Å². The number of hydrogen-bond donors (Lipinski definition) is 1. The summed E-state index contributed by atoms with van der Waals surface area (Å²) in [7, 11) is 0. The fourth-order valence-electron chi connectivity index (χ4n) is 2.71. The van der Waals surface area contributed by atoms with Gasteiger partial charge in [0.1, 0.15) is 0 Å². The van der Waals surface area contributed by atoms with Gasteiger partial charge in [0.2, 0.25) is 0 Å². The first kappa shape index (κ1) is 14.6. The summed E-state index contributed by atoms with van der Waals surface area (Å²) in [5.74, 6) is -0.885. The van der Waals surface area contributed by atoms with E-state index in [-0.39, 0.29) is 18.4 Å². The standard InChI is InChI=1S/C15H22N2O3/c1-4-16-10(2)9-13(11(16)3)15(20)17(12-5-6-12)8-7-14(18)19/h9,12H,4-8H2,1-3H3,(H,18,19). The molecule has 20 heavy (non-hydrogen) atoms. The molecule has 1 saturated carbocycles. The zero-order chi connectivity index (χ0) is 14.9. The molecule has 0 radical (unpaired) electrons. The Bertz CT molecular complexity index is 529. The highest BCUT2D eigenvalue weighted by molar-refractivity contribution is 5.96. The fraction of sp³-hybridized carbons (Fsp3) is 0.600. The minimum atomic E-state index is -0.859. The molecule has 0 saturated heterocycles. The quantitative estimate of drug-likeness (QED) is 0.867.